The van der Waals surface area contributed by atoms with Crippen molar-refractivity contribution < 1.29 is 19.4 Å². The second-order valence-electron chi connectivity index (χ2n) is 3.99. The van der Waals surface area contributed by atoms with Crippen LogP contribution in [0.1, 0.15) is 6.42 Å². The van der Waals surface area contributed by atoms with Crippen LogP contribution in [0.5, 0.6) is 5.75 Å². The first kappa shape index (κ1) is 12.9. The number of nitrogens with zero attached hydrogens (tertiary/aromatic N) is 1. The van der Waals surface area contributed by atoms with E-state index in [0.717, 1.165) is 4.47 Å². The second-order valence-corrected chi connectivity index (χ2v) is 4.90. The Morgan fingerprint density at radius 1 is 1.56 bits per heavy atom. The Morgan fingerprint density at radius 3 is 2.83 bits per heavy atom. The third-order valence-electron chi connectivity index (χ3n) is 2.94. The number of amides is 1. The summed E-state index contributed by atoms with van der Waals surface area (Å²) < 4.78 is 6.00. The van der Waals surface area contributed by atoms with Crippen LogP contribution >= 0.6 is 15.9 Å². The molecule has 1 amide bonds. The zero-order chi connectivity index (χ0) is 13.3. The third-order valence-corrected chi connectivity index (χ3v) is 3.43. The van der Waals surface area contributed by atoms with Crippen molar-refractivity contribution in [2.24, 2.45) is 5.92 Å². The maximum Gasteiger partial charge on any atom is 0.316 e. The summed E-state index contributed by atoms with van der Waals surface area (Å²) >= 11 is 3.33. The minimum atomic E-state index is -1.07. The van der Waals surface area contributed by atoms with Gasteiger partial charge in [0.2, 0.25) is 5.91 Å². The Bertz CT molecular complexity index is 503. The molecule has 1 aromatic carbocycles. The molecule has 0 aromatic heterocycles. The molecule has 0 bridgehead atoms. The molecule has 1 aliphatic rings. The van der Waals surface area contributed by atoms with Crippen molar-refractivity contribution in [2.45, 2.75) is 6.42 Å². The smallest absolute Gasteiger partial charge is 0.316 e. The minimum absolute atomic E-state index is 0.323. The fourth-order valence-corrected chi connectivity index (χ4v) is 2.37. The number of carboxylic acid groups (broad SMARTS) is 1. The van der Waals surface area contributed by atoms with Gasteiger partial charge in [0, 0.05) is 11.0 Å². The molecule has 1 N–H and O–H groups in total. The lowest BCUT2D eigenvalue weighted by Crippen LogP contribution is -2.30. The predicted molar refractivity (Wildman–Crippen MR) is 68.8 cm³/mol. The van der Waals surface area contributed by atoms with Gasteiger partial charge in [0.1, 0.15) is 11.7 Å². The van der Waals surface area contributed by atoms with Gasteiger partial charge >= 0.3 is 5.97 Å². The highest BCUT2D eigenvalue weighted by Crippen LogP contribution is 2.35. The summed E-state index contributed by atoms with van der Waals surface area (Å²) in [5.74, 6) is -1.86. The number of hydrogen-bond donors (Lipinski definition) is 1. The Labute approximate surface area is 112 Å². The maximum atomic E-state index is 12.0. The minimum Gasteiger partial charge on any atom is -0.495 e. The van der Waals surface area contributed by atoms with Gasteiger partial charge in [-0.25, -0.2) is 0 Å². The zero-order valence-corrected chi connectivity index (χ0v) is 11.3. The standard InChI is InChI=1S/C12H12BrNO4/c1-18-10-3-2-7(13)6-9(10)14-5-4-8(11(14)15)12(16)17/h2-3,6,8H,4-5H2,1H3,(H,16,17). The molecule has 6 heteroatoms. The van der Waals surface area contributed by atoms with Gasteiger partial charge in [0.25, 0.3) is 0 Å². The number of aliphatic carboxylic acids is 1. The lowest BCUT2D eigenvalue weighted by molar-refractivity contribution is -0.144. The predicted octanol–water partition coefficient (Wildman–Crippen LogP) is 1.90. The van der Waals surface area contributed by atoms with E-state index in [1.165, 1.54) is 12.0 Å². The molecular weight excluding hydrogens is 302 g/mol. The molecule has 1 saturated heterocycles. The number of rotatable bonds is 3. The average molecular weight is 314 g/mol. The molecule has 1 aliphatic heterocycles. The van der Waals surface area contributed by atoms with Crippen molar-refractivity contribution in [2.75, 3.05) is 18.6 Å². The number of carbonyl (C=O) groups is 2. The van der Waals surface area contributed by atoms with E-state index in [2.05, 4.69) is 15.9 Å². The van der Waals surface area contributed by atoms with E-state index in [4.69, 9.17) is 9.84 Å². The van der Waals surface area contributed by atoms with Gasteiger partial charge in [0.15, 0.2) is 0 Å². The number of benzene rings is 1. The van der Waals surface area contributed by atoms with Crippen molar-refractivity contribution in [3.8, 4) is 5.75 Å². The first-order chi connectivity index (χ1) is 8.54. The lowest BCUT2D eigenvalue weighted by atomic mass is 10.1. The first-order valence-corrected chi connectivity index (χ1v) is 6.21. The van der Waals surface area contributed by atoms with Crippen LogP contribution in [0.2, 0.25) is 0 Å². The van der Waals surface area contributed by atoms with Crippen LogP contribution in [-0.2, 0) is 9.59 Å². The topological polar surface area (TPSA) is 66.8 Å². The molecule has 1 aromatic rings. The summed E-state index contributed by atoms with van der Waals surface area (Å²) in [6.45, 7) is 0.391. The SMILES string of the molecule is COc1ccc(Br)cc1N1CCC(C(=O)O)C1=O. The Hall–Kier alpha value is -1.56. The maximum absolute atomic E-state index is 12.0. The average Bonchev–Trinajstić information content (AvgIpc) is 2.71. The van der Waals surface area contributed by atoms with Gasteiger partial charge in [0.05, 0.1) is 12.8 Å². The molecule has 5 nitrogen and oxygen atoms in total. The summed E-state index contributed by atoms with van der Waals surface area (Å²) in [7, 11) is 1.52. The number of hydrogen-bond acceptors (Lipinski definition) is 3. The molecule has 0 saturated carbocycles. The summed E-state index contributed by atoms with van der Waals surface area (Å²) in [6.07, 6.45) is 0.323. The molecule has 18 heavy (non-hydrogen) atoms. The number of methoxy groups -OCH3 is 1. The van der Waals surface area contributed by atoms with E-state index >= 15 is 0 Å². The van der Waals surface area contributed by atoms with Crippen LogP contribution in [0.15, 0.2) is 22.7 Å². The summed E-state index contributed by atoms with van der Waals surface area (Å²) in [5.41, 5.74) is 0.598. The summed E-state index contributed by atoms with van der Waals surface area (Å²) in [4.78, 5) is 24.4. The number of carbonyl (C=O) groups excluding carboxylic acids is 1. The van der Waals surface area contributed by atoms with E-state index in [1.807, 2.05) is 0 Å². The fraction of sp³-hybridized carbons (Fsp3) is 0.333. The van der Waals surface area contributed by atoms with E-state index in [-0.39, 0.29) is 5.91 Å². The van der Waals surface area contributed by atoms with Crippen LogP contribution in [0.4, 0.5) is 5.69 Å². The highest BCUT2D eigenvalue weighted by Gasteiger charge is 2.38. The Kier molecular flexibility index (Phi) is 3.56. The van der Waals surface area contributed by atoms with Gasteiger partial charge in [-0.2, -0.15) is 0 Å². The van der Waals surface area contributed by atoms with Crippen molar-refractivity contribution >= 4 is 33.5 Å². The fourth-order valence-electron chi connectivity index (χ4n) is 2.02. The molecule has 96 valence electrons. The van der Waals surface area contributed by atoms with Crippen molar-refractivity contribution in [1.82, 2.24) is 0 Å². The lowest BCUT2D eigenvalue weighted by Gasteiger charge is -2.19. The molecule has 0 spiro atoms. The number of ether oxygens (including phenoxy) is 1. The quantitative estimate of drug-likeness (QED) is 0.865. The van der Waals surface area contributed by atoms with Gasteiger partial charge in [-0.15, -0.1) is 0 Å². The summed E-state index contributed by atoms with van der Waals surface area (Å²) in [6, 6.07) is 5.29. The van der Waals surface area contributed by atoms with Gasteiger partial charge in [-0.1, -0.05) is 15.9 Å². The molecule has 1 unspecified atom stereocenters. The zero-order valence-electron chi connectivity index (χ0n) is 9.72. The molecular formula is C12H12BrNO4. The molecule has 0 radical (unpaired) electrons. The number of anilines is 1. The van der Waals surface area contributed by atoms with E-state index in [1.54, 1.807) is 18.2 Å². The van der Waals surface area contributed by atoms with Crippen LogP contribution in [0.3, 0.4) is 0 Å². The van der Waals surface area contributed by atoms with Crippen LogP contribution in [0.25, 0.3) is 0 Å². The Morgan fingerprint density at radius 2 is 2.28 bits per heavy atom. The monoisotopic (exact) mass is 313 g/mol. The molecule has 1 atom stereocenters. The first-order valence-electron chi connectivity index (χ1n) is 5.42. The van der Waals surface area contributed by atoms with Gasteiger partial charge in [-0.3, -0.25) is 9.59 Å². The number of halogens is 1. The number of carboxylic acids is 1. The van der Waals surface area contributed by atoms with E-state index in [9.17, 15) is 9.59 Å². The second kappa shape index (κ2) is 4.97. The highest BCUT2D eigenvalue weighted by molar-refractivity contribution is 9.10. The van der Waals surface area contributed by atoms with Crippen LogP contribution in [0, 0.1) is 5.92 Å². The van der Waals surface area contributed by atoms with Crippen molar-refractivity contribution in [3.63, 3.8) is 0 Å². The summed E-state index contributed by atoms with van der Waals surface area (Å²) in [5, 5.41) is 8.94. The molecule has 1 heterocycles. The molecule has 0 aliphatic carbocycles. The highest BCUT2D eigenvalue weighted by atomic mass is 79.9. The van der Waals surface area contributed by atoms with Crippen molar-refractivity contribution in [3.05, 3.63) is 22.7 Å². The normalized spacial score (nSPS) is 19.1. The van der Waals surface area contributed by atoms with Crippen LogP contribution < -0.4 is 9.64 Å². The largest absolute Gasteiger partial charge is 0.495 e. The van der Waals surface area contributed by atoms with Gasteiger partial charge in [-0.05, 0) is 24.6 Å². The Balaban J connectivity index is 2.36. The van der Waals surface area contributed by atoms with Crippen LogP contribution in [-0.4, -0.2) is 30.6 Å². The molecule has 2 rings (SSSR count). The van der Waals surface area contributed by atoms with Gasteiger partial charge < -0.3 is 14.7 Å². The molecule has 1 fully saturated rings. The van der Waals surface area contributed by atoms with Crippen molar-refractivity contribution in [1.29, 1.82) is 0 Å². The van der Waals surface area contributed by atoms with E-state index in [0.29, 0.717) is 24.4 Å². The third kappa shape index (κ3) is 2.20. The van der Waals surface area contributed by atoms with E-state index < -0.39 is 11.9 Å².